The number of carboxylic acid groups (broad SMARTS) is 2. The SMILES string of the molecule is CCCCCCCC(=O)O.CCCCCCCC(=O)O.N.N.N.N.[Co]. The maximum Gasteiger partial charge on any atom is 0.303 e. The largest absolute Gasteiger partial charge is 0.481 e. The molecule has 0 fully saturated rings. The van der Waals surface area contributed by atoms with Crippen molar-refractivity contribution in [1.29, 1.82) is 0 Å². The molecular formula is C16H44CoN4O4. The molecule has 0 amide bonds. The van der Waals surface area contributed by atoms with Crippen molar-refractivity contribution < 1.29 is 36.6 Å². The maximum absolute atomic E-state index is 10.0. The topological polar surface area (TPSA) is 215 Å². The molecular weight excluding hydrogens is 371 g/mol. The van der Waals surface area contributed by atoms with E-state index in [0.29, 0.717) is 12.8 Å². The Morgan fingerprint density at radius 2 is 0.800 bits per heavy atom. The van der Waals surface area contributed by atoms with Crippen LogP contribution in [0.25, 0.3) is 0 Å². The summed E-state index contributed by atoms with van der Waals surface area (Å²) in [7, 11) is 0. The molecule has 0 aliphatic carbocycles. The minimum absolute atomic E-state index is 0. The Kier molecular flexibility index (Phi) is 68.2. The summed E-state index contributed by atoms with van der Waals surface area (Å²) in [6.45, 7) is 4.30. The first-order valence-corrected chi connectivity index (χ1v) is 7.98. The van der Waals surface area contributed by atoms with E-state index in [4.69, 9.17) is 10.2 Å². The van der Waals surface area contributed by atoms with Gasteiger partial charge in [0.05, 0.1) is 0 Å². The van der Waals surface area contributed by atoms with Crippen LogP contribution in [0.1, 0.15) is 90.9 Å². The van der Waals surface area contributed by atoms with Crippen LogP contribution in [0.15, 0.2) is 0 Å². The average Bonchev–Trinajstić information content (AvgIpc) is 2.38. The number of carbonyl (C=O) groups is 2. The van der Waals surface area contributed by atoms with Crippen LogP contribution in [-0.4, -0.2) is 22.2 Å². The quantitative estimate of drug-likeness (QED) is 0.223. The fourth-order valence-corrected chi connectivity index (χ4v) is 1.76. The second-order valence-corrected chi connectivity index (χ2v) is 5.12. The first-order valence-electron chi connectivity index (χ1n) is 7.98. The van der Waals surface area contributed by atoms with Gasteiger partial charge in [-0.3, -0.25) is 9.59 Å². The van der Waals surface area contributed by atoms with E-state index < -0.39 is 11.9 Å². The van der Waals surface area contributed by atoms with Crippen molar-refractivity contribution >= 4 is 11.9 Å². The molecule has 0 aromatic carbocycles. The zero-order chi connectivity index (χ0) is 15.6. The molecule has 9 heteroatoms. The van der Waals surface area contributed by atoms with Crippen LogP contribution in [0.5, 0.6) is 0 Å². The molecule has 0 bridgehead atoms. The summed E-state index contributed by atoms with van der Waals surface area (Å²) < 4.78 is 0. The van der Waals surface area contributed by atoms with Crippen LogP contribution in [0.3, 0.4) is 0 Å². The van der Waals surface area contributed by atoms with Crippen LogP contribution in [0.2, 0.25) is 0 Å². The van der Waals surface area contributed by atoms with Gasteiger partial charge in [-0.1, -0.05) is 65.2 Å². The second-order valence-electron chi connectivity index (χ2n) is 5.12. The third kappa shape index (κ3) is 59.8. The summed E-state index contributed by atoms with van der Waals surface area (Å²) in [6.07, 6.45) is 11.8. The van der Waals surface area contributed by atoms with Gasteiger partial charge in [-0.05, 0) is 12.8 Å². The summed E-state index contributed by atoms with van der Waals surface area (Å²) in [4.78, 5) is 20.1. The van der Waals surface area contributed by atoms with Gasteiger partial charge in [0.2, 0.25) is 0 Å². The number of aliphatic carboxylic acids is 2. The van der Waals surface area contributed by atoms with Gasteiger partial charge in [-0.15, -0.1) is 0 Å². The van der Waals surface area contributed by atoms with E-state index in [1.165, 1.54) is 38.5 Å². The molecule has 0 aliphatic heterocycles. The van der Waals surface area contributed by atoms with Gasteiger partial charge in [0.25, 0.3) is 0 Å². The smallest absolute Gasteiger partial charge is 0.303 e. The molecule has 8 nitrogen and oxygen atoms in total. The van der Waals surface area contributed by atoms with Crippen molar-refractivity contribution in [3.8, 4) is 0 Å². The molecule has 0 saturated heterocycles. The molecule has 1 radical (unpaired) electrons. The summed E-state index contributed by atoms with van der Waals surface area (Å²) in [5, 5.41) is 16.5. The average molecular weight is 415 g/mol. The van der Waals surface area contributed by atoms with Crippen LogP contribution >= 0.6 is 0 Å². The van der Waals surface area contributed by atoms with Gasteiger partial charge in [0.15, 0.2) is 0 Å². The Morgan fingerprint density at radius 3 is 1.00 bits per heavy atom. The first-order chi connectivity index (χ1) is 9.54. The van der Waals surface area contributed by atoms with Gasteiger partial charge in [-0.2, -0.15) is 0 Å². The Labute approximate surface area is 164 Å². The molecule has 161 valence electrons. The van der Waals surface area contributed by atoms with E-state index in [1.54, 1.807) is 0 Å². The van der Waals surface area contributed by atoms with Crippen molar-refractivity contribution in [1.82, 2.24) is 24.6 Å². The van der Waals surface area contributed by atoms with Crippen molar-refractivity contribution in [2.24, 2.45) is 0 Å². The number of carboxylic acids is 2. The molecule has 25 heavy (non-hydrogen) atoms. The molecule has 0 aromatic heterocycles. The molecule has 0 heterocycles. The van der Waals surface area contributed by atoms with Gasteiger partial charge >= 0.3 is 11.9 Å². The number of unbranched alkanes of at least 4 members (excludes halogenated alkanes) is 8. The zero-order valence-electron chi connectivity index (χ0n) is 16.4. The molecule has 14 N–H and O–H groups in total. The number of hydrogen-bond acceptors (Lipinski definition) is 6. The fraction of sp³-hybridized carbons (Fsp3) is 0.875. The third-order valence-electron chi connectivity index (χ3n) is 2.99. The van der Waals surface area contributed by atoms with Gasteiger partial charge in [-0.25, -0.2) is 0 Å². The molecule has 0 atom stereocenters. The fourth-order valence-electron chi connectivity index (χ4n) is 1.76. The van der Waals surface area contributed by atoms with E-state index in [2.05, 4.69) is 13.8 Å². The summed E-state index contributed by atoms with van der Waals surface area (Å²) in [5.74, 6) is -1.34. The normalized spacial score (nSPS) is 7.76. The number of hydrogen-bond donors (Lipinski definition) is 6. The summed E-state index contributed by atoms with van der Waals surface area (Å²) in [5.41, 5.74) is 0. The van der Waals surface area contributed by atoms with Crippen molar-refractivity contribution in [3.05, 3.63) is 0 Å². The zero-order valence-corrected chi connectivity index (χ0v) is 17.4. The van der Waals surface area contributed by atoms with Gasteiger partial charge < -0.3 is 34.8 Å². The van der Waals surface area contributed by atoms with Crippen LogP contribution in [0.4, 0.5) is 0 Å². The Hall–Kier alpha value is -0.714. The Balaban J connectivity index is -0.0000000432. The van der Waals surface area contributed by atoms with Gasteiger partial charge in [0.1, 0.15) is 0 Å². The van der Waals surface area contributed by atoms with Crippen molar-refractivity contribution in [2.45, 2.75) is 90.9 Å². The third-order valence-corrected chi connectivity index (χ3v) is 2.99. The Bertz CT molecular complexity index is 224. The molecule has 0 aromatic rings. The molecule has 0 spiro atoms. The minimum Gasteiger partial charge on any atom is -0.481 e. The van der Waals surface area contributed by atoms with Crippen LogP contribution in [-0.2, 0) is 26.4 Å². The minimum atomic E-state index is -0.670. The Morgan fingerprint density at radius 1 is 0.560 bits per heavy atom. The monoisotopic (exact) mass is 415 g/mol. The summed E-state index contributed by atoms with van der Waals surface area (Å²) in [6, 6.07) is 0. The molecule has 0 aliphatic rings. The molecule has 0 saturated carbocycles. The number of rotatable bonds is 12. The van der Waals surface area contributed by atoms with E-state index in [9.17, 15) is 9.59 Å². The molecule has 0 rings (SSSR count). The summed E-state index contributed by atoms with van der Waals surface area (Å²) >= 11 is 0. The van der Waals surface area contributed by atoms with Crippen LogP contribution in [0, 0.1) is 0 Å². The van der Waals surface area contributed by atoms with Crippen molar-refractivity contribution in [3.63, 3.8) is 0 Å². The van der Waals surface area contributed by atoms with Crippen molar-refractivity contribution in [2.75, 3.05) is 0 Å². The molecule has 0 unspecified atom stereocenters. The van der Waals surface area contributed by atoms with E-state index in [-0.39, 0.29) is 41.4 Å². The standard InChI is InChI=1S/2C8H16O2.Co.4H3N/c2*1-2-3-4-5-6-7-8(9)10;;;;;/h2*2-7H2,1H3,(H,9,10);;4*1H3. The first kappa shape index (κ1) is 44.1. The van der Waals surface area contributed by atoms with E-state index in [0.717, 1.165) is 25.7 Å². The second kappa shape index (κ2) is 38.7. The van der Waals surface area contributed by atoms with E-state index in [1.807, 2.05) is 0 Å². The van der Waals surface area contributed by atoms with Crippen LogP contribution < -0.4 is 24.6 Å². The van der Waals surface area contributed by atoms with Gasteiger partial charge in [0, 0.05) is 29.6 Å². The van der Waals surface area contributed by atoms with E-state index >= 15 is 0 Å². The predicted molar refractivity (Wildman–Crippen MR) is 102 cm³/mol. The predicted octanol–water partition coefficient (Wildman–Crippen LogP) is 5.51. The maximum atomic E-state index is 10.0.